The molecule has 8 heteroatoms. The highest BCUT2D eigenvalue weighted by molar-refractivity contribution is 9.10. The fraction of sp³-hybridized carbons (Fsp3) is 0.222. The molecule has 0 saturated carbocycles. The Hall–Kier alpha value is -0.960. The van der Waals surface area contributed by atoms with Crippen molar-refractivity contribution in [3.63, 3.8) is 0 Å². The van der Waals surface area contributed by atoms with Gasteiger partial charge in [-0.1, -0.05) is 15.9 Å². The van der Waals surface area contributed by atoms with E-state index in [1.165, 1.54) is 12.1 Å². The second-order valence-electron chi connectivity index (χ2n) is 3.20. The van der Waals surface area contributed by atoms with Crippen LogP contribution in [0.15, 0.2) is 33.6 Å². The number of nitrogens with one attached hydrogen (secondary N) is 1. The highest BCUT2D eigenvalue weighted by Crippen LogP contribution is 2.14. The van der Waals surface area contributed by atoms with E-state index in [-0.39, 0.29) is 11.4 Å². The number of carboxylic acids is 1. The summed E-state index contributed by atoms with van der Waals surface area (Å²) in [5, 5.41) is 8.71. The molecular formula is C9H11BrN2O4S. The third-order valence-electron chi connectivity index (χ3n) is 1.96. The zero-order valence-corrected chi connectivity index (χ0v) is 11.0. The molecule has 6 nitrogen and oxygen atoms in total. The van der Waals surface area contributed by atoms with Crippen LogP contribution in [0, 0.1) is 0 Å². The predicted octanol–water partition coefficient (Wildman–Crippen LogP) is 0.139. The van der Waals surface area contributed by atoms with Crippen LogP contribution in [-0.2, 0) is 14.8 Å². The number of benzene rings is 1. The van der Waals surface area contributed by atoms with E-state index in [1.807, 2.05) is 4.72 Å². The van der Waals surface area contributed by atoms with E-state index < -0.39 is 22.0 Å². The molecule has 0 spiro atoms. The number of aliphatic carboxylic acids is 1. The van der Waals surface area contributed by atoms with Gasteiger partial charge in [0.15, 0.2) is 0 Å². The number of nitrogens with two attached hydrogens (primary N) is 1. The Bertz CT molecular complexity index is 500. The lowest BCUT2D eigenvalue weighted by Gasteiger charge is -2.12. The van der Waals surface area contributed by atoms with Crippen LogP contribution in [-0.4, -0.2) is 32.1 Å². The first-order valence-electron chi connectivity index (χ1n) is 4.57. The minimum atomic E-state index is -3.87. The zero-order chi connectivity index (χ0) is 13.1. The van der Waals surface area contributed by atoms with E-state index in [1.54, 1.807) is 12.1 Å². The monoisotopic (exact) mass is 322 g/mol. The normalized spacial score (nSPS) is 13.3. The van der Waals surface area contributed by atoms with Crippen molar-refractivity contribution >= 4 is 31.9 Å². The molecule has 0 saturated heterocycles. The summed E-state index contributed by atoms with van der Waals surface area (Å²) >= 11 is 3.17. The average Bonchev–Trinajstić information content (AvgIpc) is 2.26. The van der Waals surface area contributed by atoms with Crippen molar-refractivity contribution < 1.29 is 18.3 Å². The van der Waals surface area contributed by atoms with E-state index in [2.05, 4.69) is 15.9 Å². The lowest BCUT2D eigenvalue weighted by atomic mass is 10.3. The van der Waals surface area contributed by atoms with Crippen LogP contribution < -0.4 is 10.5 Å². The van der Waals surface area contributed by atoms with E-state index in [9.17, 15) is 13.2 Å². The number of hydrogen-bond donors (Lipinski definition) is 3. The molecule has 0 heterocycles. The Balaban J connectivity index is 2.96. The lowest BCUT2D eigenvalue weighted by Crippen LogP contribution is -2.45. The molecule has 1 rings (SSSR count). The molecule has 94 valence electrons. The number of halogens is 1. The third-order valence-corrected chi connectivity index (χ3v) is 3.97. The first-order chi connectivity index (χ1) is 7.86. The quantitative estimate of drug-likeness (QED) is 0.714. The van der Waals surface area contributed by atoms with Gasteiger partial charge in [-0.15, -0.1) is 0 Å². The summed E-state index contributed by atoms with van der Waals surface area (Å²) in [7, 11) is -3.87. The molecular weight excluding hydrogens is 312 g/mol. The van der Waals surface area contributed by atoms with Gasteiger partial charge in [0, 0.05) is 11.0 Å². The Labute approximate surface area is 107 Å². The number of carbonyl (C=O) groups is 1. The maximum absolute atomic E-state index is 11.8. The molecule has 0 fully saturated rings. The minimum Gasteiger partial charge on any atom is -0.480 e. The van der Waals surface area contributed by atoms with Gasteiger partial charge in [-0.05, 0) is 24.3 Å². The van der Waals surface area contributed by atoms with Crippen LogP contribution in [0.4, 0.5) is 0 Å². The van der Waals surface area contributed by atoms with Gasteiger partial charge in [0.05, 0.1) is 4.90 Å². The Morgan fingerprint density at radius 2 is 1.94 bits per heavy atom. The van der Waals surface area contributed by atoms with Crippen LogP contribution in [0.1, 0.15) is 0 Å². The maximum Gasteiger partial charge on any atom is 0.323 e. The third kappa shape index (κ3) is 3.77. The van der Waals surface area contributed by atoms with E-state index >= 15 is 0 Å². The molecule has 0 aliphatic heterocycles. The molecule has 0 radical (unpaired) electrons. The van der Waals surface area contributed by atoms with Crippen molar-refractivity contribution in [3.05, 3.63) is 28.7 Å². The lowest BCUT2D eigenvalue weighted by molar-refractivity contribution is -0.138. The van der Waals surface area contributed by atoms with Crippen molar-refractivity contribution in [1.29, 1.82) is 0 Å². The highest BCUT2D eigenvalue weighted by atomic mass is 79.9. The summed E-state index contributed by atoms with van der Waals surface area (Å²) in [5.41, 5.74) is 5.17. The molecule has 1 aromatic rings. The Kier molecular flexibility index (Phi) is 4.63. The van der Waals surface area contributed by atoms with Crippen molar-refractivity contribution in [2.24, 2.45) is 5.73 Å². The first kappa shape index (κ1) is 14.1. The summed E-state index contributed by atoms with van der Waals surface area (Å²) in [5.74, 6) is -1.31. The molecule has 0 amide bonds. The molecule has 0 aromatic heterocycles. The second kappa shape index (κ2) is 5.58. The standard InChI is InChI=1S/C9H11BrN2O4S/c10-6-1-3-7(4-2-6)17(15,16)12-8(5-11)9(13)14/h1-4,8,12H,5,11H2,(H,13,14). The number of hydrogen-bond acceptors (Lipinski definition) is 4. The average molecular weight is 323 g/mol. The first-order valence-corrected chi connectivity index (χ1v) is 6.85. The van der Waals surface area contributed by atoms with Gasteiger partial charge in [0.1, 0.15) is 6.04 Å². The van der Waals surface area contributed by atoms with Crippen LogP contribution in [0.2, 0.25) is 0 Å². The second-order valence-corrected chi connectivity index (χ2v) is 5.83. The summed E-state index contributed by atoms with van der Waals surface area (Å²) < 4.78 is 26.3. The summed E-state index contributed by atoms with van der Waals surface area (Å²) in [6, 6.07) is 4.49. The SMILES string of the molecule is NCC(NS(=O)(=O)c1ccc(Br)cc1)C(=O)O. The number of rotatable bonds is 5. The Morgan fingerprint density at radius 1 is 1.41 bits per heavy atom. The highest BCUT2D eigenvalue weighted by Gasteiger charge is 2.23. The van der Waals surface area contributed by atoms with Gasteiger partial charge in [-0.25, -0.2) is 8.42 Å². The number of carboxylic acid groups (broad SMARTS) is 1. The van der Waals surface area contributed by atoms with E-state index in [0.717, 1.165) is 4.47 Å². The van der Waals surface area contributed by atoms with E-state index in [4.69, 9.17) is 10.8 Å². The zero-order valence-electron chi connectivity index (χ0n) is 8.63. The smallest absolute Gasteiger partial charge is 0.323 e. The van der Waals surface area contributed by atoms with Gasteiger partial charge >= 0.3 is 5.97 Å². The Morgan fingerprint density at radius 3 is 2.35 bits per heavy atom. The molecule has 0 bridgehead atoms. The molecule has 17 heavy (non-hydrogen) atoms. The molecule has 0 aliphatic rings. The maximum atomic E-state index is 11.8. The largest absolute Gasteiger partial charge is 0.480 e. The van der Waals surface area contributed by atoms with Crippen molar-refractivity contribution in [2.45, 2.75) is 10.9 Å². The summed E-state index contributed by atoms with van der Waals surface area (Å²) in [4.78, 5) is 10.7. The summed E-state index contributed by atoms with van der Waals surface area (Å²) in [6.45, 7) is -0.314. The van der Waals surface area contributed by atoms with Gasteiger partial charge in [-0.2, -0.15) is 4.72 Å². The fourth-order valence-corrected chi connectivity index (χ4v) is 2.53. The van der Waals surface area contributed by atoms with Crippen LogP contribution in [0.25, 0.3) is 0 Å². The molecule has 4 N–H and O–H groups in total. The fourth-order valence-electron chi connectivity index (χ4n) is 1.07. The van der Waals surface area contributed by atoms with Crippen molar-refractivity contribution in [2.75, 3.05) is 6.54 Å². The van der Waals surface area contributed by atoms with Gasteiger partial charge in [0.25, 0.3) is 0 Å². The summed E-state index contributed by atoms with van der Waals surface area (Å²) in [6.07, 6.45) is 0. The molecule has 1 atom stereocenters. The van der Waals surface area contributed by atoms with Crippen molar-refractivity contribution in [1.82, 2.24) is 4.72 Å². The van der Waals surface area contributed by atoms with Gasteiger partial charge in [0.2, 0.25) is 10.0 Å². The van der Waals surface area contributed by atoms with Crippen LogP contribution in [0.3, 0.4) is 0 Å². The molecule has 1 unspecified atom stereocenters. The topological polar surface area (TPSA) is 109 Å². The van der Waals surface area contributed by atoms with Crippen molar-refractivity contribution in [3.8, 4) is 0 Å². The molecule has 0 aliphatic carbocycles. The molecule has 1 aromatic carbocycles. The van der Waals surface area contributed by atoms with Crippen LogP contribution in [0.5, 0.6) is 0 Å². The van der Waals surface area contributed by atoms with Gasteiger partial charge in [-0.3, -0.25) is 4.79 Å². The minimum absolute atomic E-state index is 0.0135. The predicted molar refractivity (Wildman–Crippen MR) is 64.9 cm³/mol. The van der Waals surface area contributed by atoms with E-state index in [0.29, 0.717) is 0 Å². The van der Waals surface area contributed by atoms with Gasteiger partial charge < -0.3 is 10.8 Å². The number of sulfonamides is 1. The van der Waals surface area contributed by atoms with Crippen LogP contribution >= 0.6 is 15.9 Å².